The zero-order valence-corrected chi connectivity index (χ0v) is 13.3. The van der Waals surface area contributed by atoms with Gasteiger partial charge in [-0.1, -0.05) is 6.92 Å². The standard InChI is InChI=1S/C15H29N3O2/c1-5-16-14(7-9-20-11-10-19-4)12-15-6-8-18(17-15)13(2)3/h6,8,13-14,16H,5,7,9-12H2,1-4H3. The van der Waals surface area contributed by atoms with E-state index in [4.69, 9.17) is 9.47 Å². The summed E-state index contributed by atoms with van der Waals surface area (Å²) in [5, 5.41) is 8.11. The molecule has 1 aromatic rings. The van der Waals surface area contributed by atoms with Crippen LogP contribution in [0, 0.1) is 0 Å². The first-order valence-electron chi connectivity index (χ1n) is 7.51. The molecule has 0 fully saturated rings. The summed E-state index contributed by atoms with van der Waals surface area (Å²) in [5.41, 5.74) is 1.14. The van der Waals surface area contributed by atoms with E-state index in [0.29, 0.717) is 25.3 Å². The molecule has 1 rings (SSSR count). The predicted octanol–water partition coefficient (Wildman–Crippen LogP) is 2.04. The first-order chi connectivity index (χ1) is 9.67. The van der Waals surface area contributed by atoms with E-state index in [9.17, 15) is 0 Å². The molecule has 0 saturated heterocycles. The first-order valence-corrected chi connectivity index (χ1v) is 7.51. The Bertz CT molecular complexity index is 353. The van der Waals surface area contributed by atoms with E-state index in [1.807, 2.05) is 4.68 Å². The minimum atomic E-state index is 0.415. The average molecular weight is 283 g/mol. The molecule has 1 atom stereocenters. The van der Waals surface area contributed by atoms with Crippen LogP contribution in [0.1, 0.15) is 38.9 Å². The van der Waals surface area contributed by atoms with E-state index in [2.05, 4.69) is 43.4 Å². The molecule has 0 aliphatic rings. The van der Waals surface area contributed by atoms with Gasteiger partial charge in [0, 0.05) is 38.4 Å². The highest BCUT2D eigenvalue weighted by atomic mass is 16.5. The third kappa shape index (κ3) is 6.50. The van der Waals surface area contributed by atoms with Gasteiger partial charge in [0.15, 0.2) is 0 Å². The molecule has 0 aliphatic heterocycles. The number of ether oxygens (including phenoxy) is 2. The van der Waals surface area contributed by atoms with Crippen LogP contribution in [0.15, 0.2) is 12.3 Å². The van der Waals surface area contributed by atoms with Crippen molar-refractivity contribution in [2.24, 2.45) is 0 Å². The SMILES string of the molecule is CCNC(CCOCCOC)Cc1ccn(C(C)C)n1. The Morgan fingerprint density at radius 3 is 2.70 bits per heavy atom. The number of rotatable bonds is 11. The van der Waals surface area contributed by atoms with Crippen molar-refractivity contribution in [3.05, 3.63) is 18.0 Å². The molecule has 0 aliphatic carbocycles. The van der Waals surface area contributed by atoms with Crippen molar-refractivity contribution in [3.63, 3.8) is 0 Å². The number of hydrogen-bond acceptors (Lipinski definition) is 4. The molecule has 5 nitrogen and oxygen atoms in total. The van der Waals surface area contributed by atoms with Crippen LogP contribution >= 0.6 is 0 Å². The Labute approximate surface area is 122 Å². The molecule has 0 spiro atoms. The molecule has 0 bridgehead atoms. The number of likely N-dealkylation sites (N-methyl/N-ethyl adjacent to an activating group) is 1. The van der Waals surface area contributed by atoms with Crippen LogP contribution < -0.4 is 5.32 Å². The predicted molar refractivity (Wildman–Crippen MR) is 81.1 cm³/mol. The third-order valence-electron chi connectivity index (χ3n) is 3.18. The van der Waals surface area contributed by atoms with Gasteiger partial charge >= 0.3 is 0 Å². The second kappa shape index (κ2) is 9.91. The number of hydrogen-bond donors (Lipinski definition) is 1. The summed E-state index contributed by atoms with van der Waals surface area (Å²) >= 11 is 0. The smallest absolute Gasteiger partial charge is 0.0700 e. The molecular formula is C15H29N3O2. The lowest BCUT2D eigenvalue weighted by atomic mass is 10.1. The van der Waals surface area contributed by atoms with Crippen molar-refractivity contribution in [3.8, 4) is 0 Å². The molecule has 1 heterocycles. The minimum Gasteiger partial charge on any atom is -0.382 e. The highest BCUT2D eigenvalue weighted by Gasteiger charge is 2.11. The quantitative estimate of drug-likeness (QED) is 0.631. The van der Waals surface area contributed by atoms with E-state index in [1.165, 1.54) is 0 Å². The van der Waals surface area contributed by atoms with Gasteiger partial charge in [0.05, 0.1) is 18.9 Å². The monoisotopic (exact) mass is 283 g/mol. The maximum absolute atomic E-state index is 5.54. The molecular weight excluding hydrogens is 254 g/mol. The van der Waals surface area contributed by atoms with Crippen LogP contribution in [0.4, 0.5) is 0 Å². The summed E-state index contributed by atoms with van der Waals surface area (Å²) < 4.78 is 12.5. The van der Waals surface area contributed by atoms with Gasteiger partial charge in [0.25, 0.3) is 0 Å². The van der Waals surface area contributed by atoms with Crippen LogP contribution in [0.3, 0.4) is 0 Å². The molecule has 20 heavy (non-hydrogen) atoms. The summed E-state index contributed by atoms with van der Waals surface area (Å²) in [6.07, 6.45) is 3.99. The molecule has 1 unspecified atom stereocenters. The topological polar surface area (TPSA) is 48.3 Å². The van der Waals surface area contributed by atoms with Crippen molar-refractivity contribution < 1.29 is 9.47 Å². The number of nitrogens with zero attached hydrogens (tertiary/aromatic N) is 2. The number of nitrogens with one attached hydrogen (secondary N) is 1. The average Bonchev–Trinajstić information content (AvgIpc) is 2.87. The van der Waals surface area contributed by atoms with Crippen LogP contribution in [0.5, 0.6) is 0 Å². The zero-order chi connectivity index (χ0) is 14.8. The molecule has 1 aromatic heterocycles. The Balaban J connectivity index is 2.36. The fourth-order valence-electron chi connectivity index (χ4n) is 2.06. The minimum absolute atomic E-state index is 0.415. The fourth-order valence-corrected chi connectivity index (χ4v) is 2.06. The largest absolute Gasteiger partial charge is 0.382 e. The zero-order valence-electron chi connectivity index (χ0n) is 13.3. The highest BCUT2D eigenvalue weighted by molar-refractivity contribution is 5.02. The Hall–Kier alpha value is -0.910. The van der Waals surface area contributed by atoms with E-state index in [1.54, 1.807) is 7.11 Å². The van der Waals surface area contributed by atoms with E-state index in [0.717, 1.165) is 31.7 Å². The lowest BCUT2D eigenvalue weighted by Gasteiger charge is -2.17. The van der Waals surface area contributed by atoms with E-state index < -0.39 is 0 Å². The van der Waals surface area contributed by atoms with Crippen LogP contribution in [-0.4, -0.2) is 49.3 Å². The van der Waals surface area contributed by atoms with Gasteiger partial charge in [-0.05, 0) is 32.9 Å². The molecule has 0 amide bonds. The van der Waals surface area contributed by atoms with Crippen molar-refractivity contribution in [1.82, 2.24) is 15.1 Å². The Morgan fingerprint density at radius 1 is 1.30 bits per heavy atom. The van der Waals surface area contributed by atoms with Crippen molar-refractivity contribution >= 4 is 0 Å². The maximum atomic E-state index is 5.54. The molecule has 0 aromatic carbocycles. The number of aromatic nitrogens is 2. The fraction of sp³-hybridized carbons (Fsp3) is 0.800. The first kappa shape index (κ1) is 17.1. The molecule has 1 N–H and O–H groups in total. The van der Waals surface area contributed by atoms with Gasteiger partial charge in [-0.3, -0.25) is 4.68 Å². The van der Waals surface area contributed by atoms with Gasteiger partial charge in [0.2, 0.25) is 0 Å². The van der Waals surface area contributed by atoms with Crippen molar-refractivity contribution in [2.75, 3.05) is 33.5 Å². The summed E-state index contributed by atoms with van der Waals surface area (Å²) in [5.74, 6) is 0. The molecule has 116 valence electrons. The van der Waals surface area contributed by atoms with Gasteiger partial charge in [0.1, 0.15) is 0 Å². The second-order valence-electron chi connectivity index (χ2n) is 5.23. The summed E-state index contributed by atoms with van der Waals surface area (Å²) in [6.45, 7) is 9.46. The van der Waals surface area contributed by atoms with Gasteiger partial charge in [-0.25, -0.2) is 0 Å². The molecule has 0 radical (unpaired) electrons. The number of methoxy groups -OCH3 is 1. The van der Waals surface area contributed by atoms with Crippen molar-refractivity contribution in [2.45, 2.75) is 45.7 Å². The van der Waals surface area contributed by atoms with Crippen LogP contribution in [0.25, 0.3) is 0 Å². The van der Waals surface area contributed by atoms with Gasteiger partial charge in [-0.2, -0.15) is 5.10 Å². The lowest BCUT2D eigenvalue weighted by molar-refractivity contribution is 0.0658. The molecule has 5 heteroatoms. The van der Waals surface area contributed by atoms with Crippen molar-refractivity contribution in [1.29, 1.82) is 0 Å². The van der Waals surface area contributed by atoms with E-state index >= 15 is 0 Å². The van der Waals surface area contributed by atoms with Crippen LogP contribution in [-0.2, 0) is 15.9 Å². The summed E-state index contributed by atoms with van der Waals surface area (Å²) in [6, 6.07) is 2.94. The Kier molecular flexibility index (Phi) is 8.49. The summed E-state index contributed by atoms with van der Waals surface area (Å²) in [4.78, 5) is 0. The second-order valence-corrected chi connectivity index (χ2v) is 5.23. The van der Waals surface area contributed by atoms with Gasteiger partial charge < -0.3 is 14.8 Å². The third-order valence-corrected chi connectivity index (χ3v) is 3.18. The Morgan fingerprint density at radius 2 is 2.10 bits per heavy atom. The van der Waals surface area contributed by atoms with E-state index in [-0.39, 0.29) is 0 Å². The van der Waals surface area contributed by atoms with Crippen LogP contribution in [0.2, 0.25) is 0 Å². The molecule has 0 saturated carbocycles. The van der Waals surface area contributed by atoms with Gasteiger partial charge in [-0.15, -0.1) is 0 Å². The normalized spacial score (nSPS) is 13.1. The summed E-state index contributed by atoms with van der Waals surface area (Å²) in [7, 11) is 1.69. The highest BCUT2D eigenvalue weighted by Crippen LogP contribution is 2.08. The lowest BCUT2D eigenvalue weighted by Crippen LogP contribution is -2.32. The maximum Gasteiger partial charge on any atom is 0.0700 e.